The molecule has 0 saturated heterocycles. The van der Waals surface area contributed by atoms with E-state index in [0.717, 1.165) is 11.1 Å². The molecule has 0 amide bonds. The van der Waals surface area contributed by atoms with E-state index in [0.29, 0.717) is 18.4 Å². The minimum absolute atomic E-state index is 0.173. The average Bonchev–Trinajstić information content (AvgIpc) is 2.74. The van der Waals surface area contributed by atoms with Crippen molar-refractivity contribution in [3.8, 4) is 0 Å². The molecule has 0 aromatic carbocycles. The van der Waals surface area contributed by atoms with Gasteiger partial charge in [-0.1, -0.05) is 0 Å². The Labute approximate surface area is 104 Å². The minimum atomic E-state index is -1.21. The molecule has 0 radical (unpaired) electrons. The summed E-state index contributed by atoms with van der Waals surface area (Å²) in [4.78, 5) is 23.0. The number of ether oxygens (including phenoxy) is 2. The Balaban J connectivity index is 2.35. The molecule has 2 rings (SSSR count). The summed E-state index contributed by atoms with van der Waals surface area (Å²) >= 11 is 0. The topological polar surface area (TPSA) is 72.8 Å². The maximum Gasteiger partial charge on any atom is 0.324 e. The van der Waals surface area contributed by atoms with Gasteiger partial charge in [-0.3, -0.25) is 9.59 Å². The zero-order valence-electron chi connectivity index (χ0n) is 10.0. The smallest absolute Gasteiger partial charge is 0.324 e. The van der Waals surface area contributed by atoms with Crippen LogP contribution in [-0.4, -0.2) is 23.7 Å². The van der Waals surface area contributed by atoms with Gasteiger partial charge in [0.15, 0.2) is 5.92 Å². The number of allylic oxidation sites excluding steroid dienone is 3. The summed E-state index contributed by atoms with van der Waals surface area (Å²) in [5, 5.41) is 9.21. The lowest BCUT2D eigenvalue weighted by molar-refractivity contribution is -0.156. The molecule has 1 N–H and O–H groups in total. The van der Waals surface area contributed by atoms with E-state index < -0.39 is 17.9 Å². The molecular weight excluding hydrogens is 236 g/mol. The summed E-state index contributed by atoms with van der Waals surface area (Å²) < 4.78 is 9.87. The second-order valence-corrected chi connectivity index (χ2v) is 4.04. The quantitative estimate of drug-likeness (QED) is 0.608. The summed E-state index contributed by atoms with van der Waals surface area (Å²) in [6.07, 6.45) is 6.01. The Hall–Kier alpha value is -2.04. The van der Waals surface area contributed by atoms with Crippen LogP contribution in [0.4, 0.5) is 0 Å². The van der Waals surface area contributed by atoms with Crippen LogP contribution >= 0.6 is 0 Å². The third kappa shape index (κ3) is 2.16. The molecule has 1 atom stereocenters. The third-order valence-electron chi connectivity index (χ3n) is 3.00. The summed E-state index contributed by atoms with van der Waals surface area (Å²) in [5.74, 6) is -3.08. The lowest BCUT2D eigenvalue weighted by atomic mass is 9.95. The molecule has 1 unspecified atom stereocenters. The SMILES string of the molecule is CCOC(=O)C(C(=O)O)C1=C2C=COC=C2CC1. The van der Waals surface area contributed by atoms with E-state index in [1.807, 2.05) is 0 Å². The molecule has 1 aliphatic carbocycles. The van der Waals surface area contributed by atoms with Crippen LogP contribution in [0, 0.1) is 5.92 Å². The van der Waals surface area contributed by atoms with E-state index in [-0.39, 0.29) is 6.61 Å². The molecule has 5 heteroatoms. The summed E-state index contributed by atoms with van der Waals surface area (Å²) in [7, 11) is 0. The van der Waals surface area contributed by atoms with Gasteiger partial charge in [0.05, 0.1) is 19.1 Å². The van der Waals surface area contributed by atoms with Crippen molar-refractivity contribution in [2.45, 2.75) is 19.8 Å². The highest BCUT2D eigenvalue weighted by Gasteiger charge is 2.36. The number of hydrogen-bond acceptors (Lipinski definition) is 4. The van der Waals surface area contributed by atoms with Crippen molar-refractivity contribution < 1.29 is 24.2 Å². The van der Waals surface area contributed by atoms with E-state index in [2.05, 4.69) is 0 Å². The van der Waals surface area contributed by atoms with Gasteiger partial charge in [-0.05, 0) is 42.6 Å². The number of carboxylic acids is 1. The molecule has 1 aliphatic heterocycles. The molecule has 0 bridgehead atoms. The monoisotopic (exact) mass is 250 g/mol. The van der Waals surface area contributed by atoms with Gasteiger partial charge >= 0.3 is 11.9 Å². The fourth-order valence-electron chi connectivity index (χ4n) is 2.23. The van der Waals surface area contributed by atoms with Gasteiger partial charge < -0.3 is 14.6 Å². The molecule has 0 aromatic heterocycles. The van der Waals surface area contributed by atoms with Crippen LogP contribution in [0.2, 0.25) is 0 Å². The van der Waals surface area contributed by atoms with Crippen molar-refractivity contribution in [1.82, 2.24) is 0 Å². The average molecular weight is 250 g/mol. The molecule has 0 aromatic rings. The first-order valence-electron chi connectivity index (χ1n) is 5.79. The van der Waals surface area contributed by atoms with E-state index in [9.17, 15) is 14.7 Å². The van der Waals surface area contributed by atoms with Crippen molar-refractivity contribution in [1.29, 1.82) is 0 Å². The van der Waals surface area contributed by atoms with Crippen molar-refractivity contribution in [2.75, 3.05) is 6.61 Å². The lowest BCUT2D eigenvalue weighted by Gasteiger charge is -2.14. The highest BCUT2D eigenvalue weighted by atomic mass is 16.5. The lowest BCUT2D eigenvalue weighted by Crippen LogP contribution is -2.27. The van der Waals surface area contributed by atoms with Crippen molar-refractivity contribution in [3.63, 3.8) is 0 Å². The van der Waals surface area contributed by atoms with Crippen LogP contribution in [-0.2, 0) is 19.1 Å². The van der Waals surface area contributed by atoms with E-state index in [1.165, 1.54) is 6.26 Å². The van der Waals surface area contributed by atoms with Crippen LogP contribution in [0.25, 0.3) is 0 Å². The molecule has 0 spiro atoms. The maximum atomic E-state index is 11.7. The fourth-order valence-corrected chi connectivity index (χ4v) is 2.23. The molecule has 1 heterocycles. The van der Waals surface area contributed by atoms with Crippen molar-refractivity contribution in [3.05, 3.63) is 35.3 Å². The van der Waals surface area contributed by atoms with Gasteiger partial charge in [0, 0.05) is 0 Å². The Morgan fingerprint density at radius 2 is 2.28 bits per heavy atom. The van der Waals surface area contributed by atoms with Crippen LogP contribution < -0.4 is 0 Å². The second-order valence-electron chi connectivity index (χ2n) is 4.04. The van der Waals surface area contributed by atoms with Gasteiger partial charge in [-0.25, -0.2) is 0 Å². The molecule has 5 nitrogen and oxygen atoms in total. The Morgan fingerprint density at radius 1 is 1.50 bits per heavy atom. The van der Waals surface area contributed by atoms with E-state index in [1.54, 1.807) is 19.3 Å². The highest BCUT2D eigenvalue weighted by molar-refractivity contribution is 5.98. The summed E-state index contributed by atoms with van der Waals surface area (Å²) in [5.41, 5.74) is 2.33. The molecular formula is C13H14O5. The molecule has 18 heavy (non-hydrogen) atoms. The van der Waals surface area contributed by atoms with E-state index in [4.69, 9.17) is 9.47 Å². The highest BCUT2D eigenvalue weighted by Crippen LogP contribution is 2.38. The Kier molecular flexibility index (Phi) is 3.50. The van der Waals surface area contributed by atoms with Crippen molar-refractivity contribution >= 4 is 11.9 Å². The van der Waals surface area contributed by atoms with Gasteiger partial charge in [-0.15, -0.1) is 0 Å². The van der Waals surface area contributed by atoms with E-state index >= 15 is 0 Å². The normalized spacial score (nSPS) is 18.8. The summed E-state index contributed by atoms with van der Waals surface area (Å²) in [6, 6.07) is 0. The van der Waals surface area contributed by atoms with Crippen LogP contribution in [0.1, 0.15) is 19.8 Å². The Morgan fingerprint density at radius 3 is 2.94 bits per heavy atom. The zero-order chi connectivity index (χ0) is 13.1. The first kappa shape index (κ1) is 12.4. The second kappa shape index (κ2) is 5.08. The molecule has 0 fully saturated rings. The number of esters is 1. The minimum Gasteiger partial charge on any atom is -0.480 e. The van der Waals surface area contributed by atoms with Crippen molar-refractivity contribution in [2.24, 2.45) is 5.92 Å². The number of hydrogen-bond donors (Lipinski definition) is 1. The summed E-state index contributed by atoms with van der Waals surface area (Å²) in [6.45, 7) is 1.83. The van der Waals surface area contributed by atoms with Gasteiger partial charge in [-0.2, -0.15) is 0 Å². The van der Waals surface area contributed by atoms with Gasteiger partial charge in [0.1, 0.15) is 0 Å². The Bertz CT molecular complexity index is 470. The van der Waals surface area contributed by atoms with Gasteiger partial charge in [0.25, 0.3) is 0 Å². The number of carboxylic acid groups (broad SMARTS) is 1. The predicted octanol–water partition coefficient (Wildman–Crippen LogP) is 1.77. The maximum absolute atomic E-state index is 11.7. The van der Waals surface area contributed by atoms with Crippen LogP contribution in [0.3, 0.4) is 0 Å². The number of aliphatic carboxylic acids is 1. The number of carbonyl (C=O) groups excluding carboxylic acids is 1. The molecule has 2 aliphatic rings. The molecule has 96 valence electrons. The van der Waals surface area contributed by atoms with Gasteiger partial charge in [0.2, 0.25) is 0 Å². The fraction of sp³-hybridized carbons (Fsp3) is 0.385. The first-order chi connectivity index (χ1) is 8.65. The number of carbonyl (C=O) groups is 2. The third-order valence-corrected chi connectivity index (χ3v) is 3.00. The number of fused-ring (bicyclic) bond motifs is 1. The largest absolute Gasteiger partial charge is 0.480 e. The zero-order valence-corrected chi connectivity index (χ0v) is 10.0. The predicted molar refractivity (Wildman–Crippen MR) is 62.3 cm³/mol. The standard InChI is InChI=1S/C13H14O5/c1-2-18-13(16)11(12(14)15)10-4-3-8-7-17-6-5-9(8)10/h5-7,11H,2-4H2,1H3,(H,14,15). The number of rotatable bonds is 4. The first-order valence-corrected chi connectivity index (χ1v) is 5.79. The van der Waals surface area contributed by atoms with Crippen LogP contribution in [0.5, 0.6) is 0 Å². The van der Waals surface area contributed by atoms with Crippen LogP contribution in [0.15, 0.2) is 35.3 Å². The molecule has 0 saturated carbocycles.